The molecule has 3 aliphatic rings. The Hall–Kier alpha value is -1.96. The van der Waals surface area contributed by atoms with E-state index in [1.165, 1.54) is 18.3 Å². The van der Waals surface area contributed by atoms with Gasteiger partial charge in [-0.15, -0.1) is 0 Å². The molecule has 2 N–H and O–H groups in total. The number of hydrazine groups is 1. The number of ether oxygens (including phenoxy) is 1. The van der Waals surface area contributed by atoms with Crippen molar-refractivity contribution in [3.8, 4) is 0 Å². The molecule has 5 heterocycles. The molecule has 0 bridgehead atoms. The maximum absolute atomic E-state index is 14.0. The summed E-state index contributed by atoms with van der Waals surface area (Å²) in [5.41, 5.74) is 6.54. The van der Waals surface area contributed by atoms with Crippen molar-refractivity contribution in [2.45, 2.75) is 38.4 Å². The SMILES string of the molecule is CC(C)N1NC(c2cnc3[nH]cc(F)c3c2)C=C1C1CCN(C2COC2)C1. The van der Waals surface area contributed by atoms with Gasteiger partial charge in [-0.2, -0.15) is 0 Å². The molecule has 2 saturated heterocycles. The zero-order valence-electron chi connectivity index (χ0n) is 15.8. The van der Waals surface area contributed by atoms with E-state index in [0.29, 0.717) is 29.0 Å². The van der Waals surface area contributed by atoms with Gasteiger partial charge in [-0.3, -0.25) is 4.90 Å². The van der Waals surface area contributed by atoms with Gasteiger partial charge >= 0.3 is 0 Å². The first-order valence-electron chi connectivity index (χ1n) is 9.81. The number of aromatic amines is 1. The fourth-order valence-corrected chi connectivity index (χ4v) is 4.42. The Morgan fingerprint density at radius 3 is 2.93 bits per heavy atom. The third-order valence-corrected chi connectivity index (χ3v) is 6.05. The summed E-state index contributed by atoms with van der Waals surface area (Å²) < 4.78 is 19.3. The van der Waals surface area contributed by atoms with Crippen LogP contribution in [-0.2, 0) is 4.74 Å². The molecular weight excluding hydrogens is 345 g/mol. The Bertz CT molecular complexity index is 874. The number of nitrogens with zero attached hydrogens (tertiary/aromatic N) is 3. The molecule has 2 atom stereocenters. The lowest BCUT2D eigenvalue weighted by Crippen LogP contribution is -2.48. The van der Waals surface area contributed by atoms with Gasteiger partial charge in [-0.25, -0.2) is 14.8 Å². The summed E-state index contributed by atoms with van der Waals surface area (Å²) in [6.45, 7) is 8.35. The maximum atomic E-state index is 14.0. The summed E-state index contributed by atoms with van der Waals surface area (Å²) in [5, 5.41) is 2.83. The molecule has 0 aliphatic carbocycles. The molecule has 5 rings (SSSR count). The molecule has 0 radical (unpaired) electrons. The van der Waals surface area contributed by atoms with E-state index in [1.54, 1.807) is 0 Å². The van der Waals surface area contributed by atoms with E-state index in [1.807, 2.05) is 12.3 Å². The van der Waals surface area contributed by atoms with E-state index in [-0.39, 0.29) is 11.9 Å². The van der Waals surface area contributed by atoms with E-state index in [0.717, 1.165) is 31.9 Å². The molecule has 3 aliphatic heterocycles. The Kier molecular flexibility index (Phi) is 4.18. The molecule has 7 heteroatoms. The van der Waals surface area contributed by atoms with Crippen LogP contribution in [0.15, 0.2) is 30.2 Å². The number of likely N-dealkylation sites (tertiary alicyclic amines) is 1. The first kappa shape index (κ1) is 17.2. The van der Waals surface area contributed by atoms with Crippen molar-refractivity contribution in [1.29, 1.82) is 0 Å². The number of nitrogens with one attached hydrogen (secondary N) is 2. The van der Waals surface area contributed by atoms with Crippen LogP contribution < -0.4 is 5.43 Å². The molecule has 2 fully saturated rings. The number of aromatic nitrogens is 2. The van der Waals surface area contributed by atoms with Gasteiger partial charge in [0.25, 0.3) is 0 Å². The third-order valence-electron chi connectivity index (χ3n) is 6.05. The first-order chi connectivity index (χ1) is 13.1. The summed E-state index contributed by atoms with van der Waals surface area (Å²) in [6.07, 6.45) is 6.67. The zero-order chi connectivity index (χ0) is 18.5. The molecule has 0 saturated carbocycles. The average molecular weight is 371 g/mol. The van der Waals surface area contributed by atoms with Crippen LogP contribution >= 0.6 is 0 Å². The molecule has 27 heavy (non-hydrogen) atoms. The fourth-order valence-electron chi connectivity index (χ4n) is 4.42. The van der Waals surface area contributed by atoms with Crippen molar-refractivity contribution < 1.29 is 9.13 Å². The molecular formula is C20H26FN5O. The number of hydrogen-bond donors (Lipinski definition) is 2. The maximum Gasteiger partial charge on any atom is 0.150 e. The molecule has 0 amide bonds. The number of rotatable bonds is 4. The number of halogens is 1. The van der Waals surface area contributed by atoms with Gasteiger partial charge in [-0.1, -0.05) is 0 Å². The summed E-state index contributed by atoms with van der Waals surface area (Å²) >= 11 is 0. The highest BCUT2D eigenvalue weighted by atomic mass is 19.1. The van der Waals surface area contributed by atoms with Crippen LogP contribution in [0, 0.1) is 11.7 Å². The summed E-state index contributed by atoms with van der Waals surface area (Å²) in [5.74, 6) is 0.266. The van der Waals surface area contributed by atoms with Gasteiger partial charge in [0.1, 0.15) is 11.5 Å². The smallest absolute Gasteiger partial charge is 0.150 e. The van der Waals surface area contributed by atoms with Gasteiger partial charge < -0.3 is 14.7 Å². The van der Waals surface area contributed by atoms with Crippen LogP contribution in [-0.4, -0.2) is 58.3 Å². The van der Waals surface area contributed by atoms with Gasteiger partial charge in [0.15, 0.2) is 0 Å². The fraction of sp³-hybridized carbons (Fsp3) is 0.550. The van der Waals surface area contributed by atoms with Crippen molar-refractivity contribution >= 4 is 11.0 Å². The van der Waals surface area contributed by atoms with Crippen LogP contribution in [0.3, 0.4) is 0 Å². The van der Waals surface area contributed by atoms with Crippen molar-refractivity contribution in [3.05, 3.63) is 41.6 Å². The minimum absolute atomic E-state index is 0.0229. The predicted octanol–water partition coefficient (Wildman–Crippen LogP) is 2.58. The topological polar surface area (TPSA) is 56.4 Å². The minimum atomic E-state index is -0.253. The van der Waals surface area contributed by atoms with Gasteiger partial charge in [0.2, 0.25) is 0 Å². The molecule has 2 aromatic heterocycles. The third kappa shape index (κ3) is 2.94. The van der Waals surface area contributed by atoms with Crippen LogP contribution in [0.4, 0.5) is 4.39 Å². The van der Waals surface area contributed by atoms with E-state index >= 15 is 0 Å². The number of hydrogen-bond acceptors (Lipinski definition) is 5. The lowest BCUT2D eigenvalue weighted by atomic mass is 10.0. The molecule has 2 aromatic rings. The van der Waals surface area contributed by atoms with E-state index < -0.39 is 0 Å². The van der Waals surface area contributed by atoms with E-state index in [2.05, 4.69) is 45.2 Å². The van der Waals surface area contributed by atoms with Gasteiger partial charge in [0.05, 0.1) is 30.7 Å². The Morgan fingerprint density at radius 1 is 1.33 bits per heavy atom. The first-order valence-corrected chi connectivity index (χ1v) is 9.81. The van der Waals surface area contributed by atoms with Crippen LogP contribution in [0.25, 0.3) is 11.0 Å². The van der Waals surface area contributed by atoms with Crippen molar-refractivity contribution in [3.63, 3.8) is 0 Å². The number of H-pyrrole nitrogens is 1. The second-order valence-corrected chi connectivity index (χ2v) is 8.14. The van der Waals surface area contributed by atoms with Crippen molar-refractivity contribution in [2.24, 2.45) is 5.92 Å². The van der Waals surface area contributed by atoms with Crippen LogP contribution in [0.1, 0.15) is 31.9 Å². The Morgan fingerprint density at radius 2 is 2.19 bits per heavy atom. The van der Waals surface area contributed by atoms with Crippen LogP contribution in [0.5, 0.6) is 0 Å². The number of pyridine rings is 1. The molecule has 6 nitrogen and oxygen atoms in total. The van der Waals surface area contributed by atoms with Crippen molar-refractivity contribution in [2.75, 3.05) is 26.3 Å². The van der Waals surface area contributed by atoms with Crippen LogP contribution in [0.2, 0.25) is 0 Å². The standard InChI is InChI=1S/C20H26FN5O/c1-12(2)26-19(13-3-4-25(9-13)15-10-27-11-15)6-18(24-26)14-5-16-17(21)8-23-20(16)22-7-14/h5-8,12-13,15,18,24H,3-4,9-11H2,1-2H3,(H,22,23). The van der Waals surface area contributed by atoms with Gasteiger partial charge in [0, 0.05) is 36.6 Å². The lowest BCUT2D eigenvalue weighted by Gasteiger charge is -2.35. The minimum Gasteiger partial charge on any atom is -0.378 e. The average Bonchev–Trinajstić information content (AvgIpc) is 3.31. The quantitative estimate of drug-likeness (QED) is 0.865. The van der Waals surface area contributed by atoms with Gasteiger partial charge in [-0.05, 0) is 44.5 Å². The largest absolute Gasteiger partial charge is 0.378 e. The second kappa shape index (κ2) is 6.58. The Labute approximate surface area is 158 Å². The van der Waals surface area contributed by atoms with E-state index in [9.17, 15) is 4.39 Å². The zero-order valence-corrected chi connectivity index (χ0v) is 15.8. The highest BCUT2D eigenvalue weighted by Gasteiger charge is 2.38. The summed E-state index contributed by atoms with van der Waals surface area (Å²) in [6, 6.07) is 2.87. The molecule has 144 valence electrons. The monoisotopic (exact) mass is 371 g/mol. The van der Waals surface area contributed by atoms with Crippen molar-refractivity contribution in [1.82, 2.24) is 25.3 Å². The Balaban J connectivity index is 1.41. The highest BCUT2D eigenvalue weighted by molar-refractivity contribution is 5.76. The molecule has 0 spiro atoms. The second-order valence-electron chi connectivity index (χ2n) is 8.14. The van der Waals surface area contributed by atoms with E-state index in [4.69, 9.17) is 4.74 Å². The summed E-state index contributed by atoms with van der Waals surface area (Å²) in [4.78, 5) is 9.81. The highest BCUT2D eigenvalue weighted by Crippen LogP contribution is 2.36. The predicted molar refractivity (Wildman–Crippen MR) is 101 cm³/mol. The summed E-state index contributed by atoms with van der Waals surface area (Å²) in [7, 11) is 0. The molecule has 0 aromatic carbocycles. The molecule has 2 unspecified atom stereocenters. The number of fused-ring (bicyclic) bond motifs is 1. The lowest BCUT2D eigenvalue weighted by molar-refractivity contribution is -0.0579. The normalized spacial score (nSPS) is 27.0.